The average Bonchev–Trinajstić information content (AvgIpc) is 2.89. The van der Waals surface area contributed by atoms with Crippen molar-refractivity contribution in [3.63, 3.8) is 0 Å². The number of hydrogen-bond donors (Lipinski definition) is 1. The molecule has 0 spiro atoms. The van der Waals surface area contributed by atoms with Crippen LogP contribution < -0.4 is 5.32 Å². The van der Waals surface area contributed by atoms with E-state index in [1.165, 1.54) is 11.8 Å². The molecule has 2 heterocycles. The summed E-state index contributed by atoms with van der Waals surface area (Å²) in [5.74, 6) is 0.771. The third kappa shape index (κ3) is 2.98. The van der Waals surface area contributed by atoms with Gasteiger partial charge in [0.15, 0.2) is 11.0 Å². The molecule has 7 heteroatoms. The van der Waals surface area contributed by atoms with Crippen LogP contribution in [0.5, 0.6) is 0 Å². The number of carbonyl (C=O) groups excluding carboxylic acids is 1. The van der Waals surface area contributed by atoms with Crippen molar-refractivity contribution in [3.05, 3.63) is 24.5 Å². The number of hydrogen-bond acceptors (Lipinski definition) is 5. The Hall–Kier alpha value is -1.89. The van der Waals surface area contributed by atoms with Crippen LogP contribution in [-0.2, 0) is 11.3 Å². The summed E-state index contributed by atoms with van der Waals surface area (Å²) in [5, 5.41) is 11.6. The fraction of sp³-hybridized carbons (Fsp3) is 0.385. The van der Waals surface area contributed by atoms with Gasteiger partial charge in [-0.1, -0.05) is 11.8 Å². The quantitative estimate of drug-likeness (QED) is 0.847. The summed E-state index contributed by atoms with van der Waals surface area (Å²) in [5.41, 5.74) is 0.966. The molecule has 2 aromatic rings. The van der Waals surface area contributed by atoms with Gasteiger partial charge < -0.3 is 9.88 Å². The van der Waals surface area contributed by atoms with E-state index >= 15 is 0 Å². The van der Waals surface area contributed by atoms with Gasteiger partial charge in [-0.05, 0) is 26.0 Å². The second kappa shape index (κ2) is 6.51. The third-order valence-electron chi connectivity index (χ3n) is 2.87. The lowest BCUT2D eigenvalue weighted by atomic mass is 10.2. The Morgan fingerprint density at radius 3 is 2.70 bits per heavy atom. The van der Waals surface area contributed by atoms with Crippen LogP contribution in [0.25, 0.3) is 11.4 Å². The molecule has 0 aliphatic heterocycles. The minimum atomic E-state index is -0.209. The number of amides is 1. The lowest BCUT2D eigenvalue weighted by molar-refractivity contribution is -0.119. The third-order valence-corrected chi connectivity index (χ3v) is 3.95. The minimum absolute atomic E-state index is 0.0221. The molecule has 6 nitrogen and oxygen atoms in total. The smallest absolute Gasteiger partial charge is 0.233 e. The van der Waals surface area contributed by atoms with Crippen molar-refractivity contribution in [3.8, 4) is 11.4 Å². The number of rotatable bonds is 5. The average molecular weight is 291 g/mol. The Labute approximate surface area is 122 Å². The number of pyridine rings is 1. The van der Waals surface area contributed by atoms with Crippen LogP contribution in [0.3, 0.4) is 0 Å². The van der Waals surface area contributed by atoms with E-state index in [1.54, 1.807) is 19.4 Å². The van der Waals surface area contributed by atoms with Gasteiger partial charge in [-0.15, -0.1) is 10.2 Å². The van der Waals surface area contributed by atoms with Crippen molar-refractivity contribution in [2.45, 2.75) is 30.8 Å². The summed E-state index contributed by atoms with van der Waals surface area (Å²) >= 11 is 1.40. The molecule has 2 aromatic heterocycles. The van der Waals surface area contributed by atoms with Crippen LogP contribution in [0.15, 0.2) is 29.7 Å². The molecule has 0 aliphatic carbocycles. The van der Waals surface area contributed by atoms with Crippen molar-refractivity contribution < 1.29 is 4.79 Å². The lowest BCUT2D eigenvalue weighted by Gasteiger charge is -2.10. The Morgan fingerprint density at radius 2 is 2.10 bits per heavy atom. The predicted molar refractivity (Wildman–Crippen MR) is 78.3 cm³/mol. The van der Waals surface area contributed by atoms with Crippen molar-refractivity contribution in [2.24, 2.45) is 0 Å². The lowest BCUT2D eigenvalue weighted by Crippen LogP contribution is -2.27. The zero-order valence-corrected chi connectivity index (χ0v) is 12.5. The largest absolute Gasteiger partial charge is 0.358 e. The summed E-state index contributed by atoms with van der Waals surface area (Å²) < 4.78 is 2.00. The van der Waals surface area contributed by atoms with E-state index in [0.717, 1.165) is 23.1 Å². The van der Waals surface area contributed by atoms with Crippen molar-refractivity contribution >= 4 is 17.7 Å². The maximum atomic E-state index is 11.6. The molecule has 0 radical (unpaired) electrons. The maximum Gasteiger partial charge on any atom is 0.233 e. The molecule has 1 amide bonds. The van der Waals surface area contributed by atoms with Gasteiger partial charge in [0.25, 0.3) is 0 Å². The first-order valence-corrected chi connectivity index (χ1v) is 7.27. The van der Waals surface area contributed by atoms with Gasteiger partial charge in [0, 0.05) is 31.5 Å². The Kier molecular flexibility index (Phi) is 4.73. The molecule has 0 saturated heterocycles. The molecule has 1 N–H and O–H groups in total. The molecular formula is C13H17N5OS. The molecule has 0 aromatic carbocycles. The van der Waals surface area contributed by atoms with E-state index in [0.29, 0.717) is 0 Å². The molecule has 0 aliphatic rings. The zero-order valence-electron chi connectivity index (χ0n) is 11.7. The number of nitrogens with one attached hydrogen (secondary N) is 1. The summed E-state index contributed by atoms with van der Waals surface area (Å²) in [6, 6.07) is 3.79. The Bertz CT molecular complexity index is 584. The first-order chi connectivity index (χ1) is 9.67. The highest BCUT2D eigenvalue weighted by molar-refractivity contribution is 8.00. The van der Waals surface area contributed by atoms with Gasteiger partial charge in [0.2, 0.25) is 5.91 Å². The van der Waals surface area contributed by atoms with E-state index in [4.69, 9.17) is 0 Å². The van der Waals surface area contributed by atoms with Crippen LogP contribution in [-0.4, -0.2) is 38.0 Å². The van der Waals surface area contributed by atoms with Crippen LogP contribution in [0, 0.1) is 0 Å². The normalized spacial score (nSPS) is 12.2. The van der Waals surface area contributed by atoms with E-state index in [9.17, 15) is 4.79 Å². The highest BCUT2D eigenvalue weighted by Crippen LogP contribution is 2.26. The summed E-state index contributed by atoms with van der Waals surface area (Å²) in [7, 11) is 1.63. The van der Waals surface area contributed by atoms with Crippen molar-refractivity contribution in [1.82, 2.24) is 25.1 Å². The van der Waals surface area contributed by atoms with Crippen molar-refractivity contribution in [2.75, 3.05) is 7.05 Å². The monoisotopic (exact) mass is 291 g/mol. The molecule has 2 rings (SSSR count). The van der Waals surface area contributed by atoms with Gasteiger partial charge in [-0.25, -0.2) is 0 Å². The van der Waals surface area contributed by atoms with Gasteiger partial charge in [0.05, 0.1) is 5.25 Å². The Balaban J connectivity index is 2.28. The minimum Gasteiger partial charge on any atom is -0.358 e. The fourth-order valence-electron chi connectivity index (χ4n) is 1.79. The van der Waals surface area contributed by atoms with E-state index < -0.39 is 0 Å². The first kappa shape index (κ1) is 14.5. The number of aromatic nitrogens is 4. The van der Waals surface area contributed by atoms with E-state index in [2.05, 4.69) is 20.5 Å². The van der Waals surface area contributed by atoms with Gasteiger partial charge in [0.1, 0.15) is 0 Å². The summed E-state index contributed by atoms with van der Waals surface area (Å²) in [6.45, 7) is 4.63. The Morgan fingerprint density at radius 1 is 1.40 bits per heavy atom. The number of thioether (sulfide) groups is 1. The number of nitrogens with zero attached hydrogens (tertiary/aromatic N) is 4. The van der Waals surface area contributed by atoms with E-state index in [1.807, 2.05) is 30.5 Å². The second-order valence-corrected chi connectivity index (χ2v) is 5.47. The molecule has 1 unspecified atom stereocenters. The topological polar surface area (TPSA) is 72.7 Å². The van der Waals surface area contributed by atoms with Gasteiger partial charge >= 0.3 is 0 Å². The van der Waals surface area contributed by atoms with Gasteiger partial charge in [-0.2, -0.15) is 0 Å². The van der Waals surface area contributed by atoms with Crippen molar-refractivity contribution in [1.29, 1.82) is 0 Å². The molecule has 0 saturated carbocycles. The van der Waals surface area contributed by atoms with Crippen LogP contribution >= 0.6 is 11.8 Å². The molecular weight excluding hydrogens is 274 g/mol. The standard InChI is InChI=1S/C13H17N5OS/c1-4-18-11(10-5-7-15-8-6-10)16-17-13(18)20-9(2)12(19)14-3/h5-9H,4H2,1-3H3,(H,14,19). The SMILES string of the molecule is CCn1c(SC(C)C(=O)NC)nnc1-c1ccncc1. The van der Waals surface area contributed by atoms with Crippen LogP contribution in [0.4, 0.5) is 0 Å². The zero-order chi connectivity index (χ0) is 14.5. The van der Waals surface area contributed by atoms with Crippen LogP contribution in [0.1, 0.15) is 13.8 Å². The molecule has 20 heavy (non-hydrogen) atoms. The van der Waals surface area contributed by atoms with Gasteiger partial charge in [-0.3, -0.25) is 9.78 Å². The second-order valence-electron chi connectivity index (χ2n) is 4.16. The highest BCUT2D eigenvalue weighted by Gasteiger charge is 2.19. The molecule has 106 valence electrons. The number of carbonyl (C=O) groups is 1. The highest BCUT2D eigenvalue weighted by atomic mass is 32.2. The maximum absolute atomic E-state index is 11.6. The first-order valence-electron chi connectivity index (χ1n) is 6.39. The van der Waals surface area contributed by atoms with E-state index in [-0.39, 0.29) is 11.2 Å². The summed E-state index contributed by atoms with van der Waals surface area (Å²) in [4.78, 5) is 15.6. The predicted octanol–water partition coefficient (Wildman–Crippen LogP) is 1.59. The van der Waals surface area contributed by atoms with Crippen LogP contribution in [0.2, 0.25) is 0 Å². The molecule has 0 fully saturated rings. The summed E-state index contributed by atoms with van der Waals surface area (Å²) in [6.07, 6.45) is 3.45. The molecule has 1 atom stereocenters. The molecule has 0 bridgehead atoms. The fourth-order valence-corrected chi connectivity index (χ4v) is 2.76.